The van der Waals surface area contributed by atoms with Crippen molar-refractivity contribution in [3.63, 3.8) is 0 Å². The summed E-state index contributed by atoms with van der Waals surface area (Å²) in [6, 6.07) is 5.10. The average Bonchev–Trinajstić information content (AvgIpc) is 2.54. The number of nitrogens with two attached hydrogens (primary N) is 1. The number of nitrogens with zero attached hydrogens (tertiary/aromatic N) is 3. The SMILES string of the molecule is CCc1ccc(CC(NN)C2CN3CCN2CC3)nc1. The highest BCUT2D eigenvalue weighted by Crippen LogP contribution is 2.19. The maximum absolute atomic E-state index is 5.82. The molecule has 110 valence electrons. The number of rotatable bonds is 5. The lowest BCUT2D eigenvalue weighted by Crippen LogP contribution is -2.67. The Balaban J connectivity index is 1.67. The second-order valence-corrected chi connectivity index (χ2v) is 5.89. The first kappa shape index (κ1) is 13.9. The number of aromatic nitrogens is 1. The molecule has 5 heteroatoms. The van der Waals surface area contributed by atoms with Crippen LogP contribution in [-0.4, -0.2) is 59.6 Å². The van der Waals surface area contributed by atoms with E-state index >= 15 is 0 Å². The molecule has 1 aromatic heterocycles. The smallest absolute Gasteiger partial charge is 0.0434 e. The van der Waals surface area contributed by atoms with Crippen LogP contribution < -0.4 is 11.3 Å². The second-order valence-electron chi connectivity index (χ2n) is 5.89. The number of hydrazine groups is 1. The summed E-state index contributed by atoms with van der Waals surface area (Å²) in [5.41, 5.74) is 5.44. The summed E-state index contributed by atoms with van der Waals surface area (Å²) >= 11 is 0. The Bertz CT molecular complexity index is 424. The number of nitrogens with one attached hydrogen (secondary N) is 1. The summed E-state index contributed by atoms with van der Waals surface area (Å²) in [5, 5.41) is 0. The molecule has 2 bridgehead atoms. The number of hydrogen-bond acceptors (Lipinski definition) is 5. The molecular formula is C15H25N5. The van der Waals surface area contributed by atoms with Crippen LogP contribution in [-0.2, 0) is 12.8 Å². The molecule has 0 aromatic carbocycles. The molecule has 3 N–H and O–H groups in total. The molecule has 3 fully saturated rings. The summed E-state index contributed by atoms with van der Waals surface area (Å²) in [6.07, 6.45) is 3.92. The molecule has 0 amide bonds. The van der Waals surface area contributed by atoms with Gasteiger partial charge in [0.25, 0.3) is 0 Å². The van der Waals surface area contributed by atoms with Crippen LogP contribution in [0.5, 0.6) is 0 Å². The van der Waals surface area contributed by atoms with Crippen molar-refractivity contribution < 1.29 is 0 Å². The lowest BCUT2D eigenvalue weighted by atomic mass is 9.96. The summed E-state index contributed by atoms with van der Waals surface area (Å²) in [6.45, 7) is 8.04. The van der Waals surface area contributed by atoms with E-state index < -0.39 is 0 Å². The Labute approximate surface area is 121 Å². The van der Waals surface area contributed by atoms with Gasteiger partial charge in [0.1, 0.15) is 0 Å². The molecule has 1 aromatic rings. The van der Waals surface area contributed by atoms with Crippen molar-refractivity contribution in [2.75, 3.05) is 32.7 Å². The Hall–Kier alpha value is -1.01. The first-order chi connectivity index (χ1) is 9.80. The predicted octanol–water partition coefficient (Wildman–Crippen LogP) is 0.0182. The van der Waals surface area contributed by atoms with Crippen LogP contribution in [0.4, 0.5) is 0 Å². The van der Waals surface area contributed by atoms with Gasteiger partial charge in [0.15, 0.2) is 0 Å². The Morgan fingerprint density at radius 1 is 1.35 bits per heavy atom. The van der Waals surface area contributed by atoms with E-state index in [0.29, 0.717) is 6.04 Å². The molecule has 2 unspecified atom stereocenters. The molecule has 3 aliphatic heterocycles. The van der Waals surface area contributed by atoms with Gasteiger partial charge in [-0.05, 0) is 18.1 Å². The van der Waals surface area contributed by atoms with Crippen molar-refractivity contribution in [1.29, 1.82) is 0 Å². The summed E-state index contributed by atoms with van der Waals surface area (Å²) in [4.78, 5) is 9.69. The standard InChI is InChI=1S/C15H25N5/c1-2-12-3-4-13(17-10-12)9-14(18-16)15-11-19-5-7-20(15)8-6-19/h3-4,10,14-15,18H,2,5-9,11,16H2,1H3. The van der Waals surface area contributed by atoms with Crippen molar-refractivity contribution in [1.82, 2.24) is 20.2 Å². The molecular weight excluding hydrogens is 250 g/mol. The molecule has 3 saturated heterocycles. The van der Waals surface area contributed by atoms with Crippen molar-refractivity contribution in [3.8, 4) is 0 Å². The monoisotopic (exact) mass is 275 g/mol. The zero-order chi connectivity index (χ0) is 13.9. The van der Waals surface area contributed by atoms with E-state index in [1.54, 1.807) is 0 Å². The van der Waals surface area contributed by atoms with Crippen molar-refractivity contribution >= 4 is 0 Å². The molecule has 20 heavy (non-hydrogen) atoms. The quantitative estimate of drug-likeness (QED) is 0.586. The Morgan fingerprint density at radius 3 is 2.65 bits per heavy atom. The molecule has 0 aliphatic carbocycles. The zero-order valence-corrected chi connectivity index (χ0v) is 12.3. The fraction of sp³-hybridized carbons (Fsp3) is 0.667. The average molecular weight is 275 g/mol. The zero-order valence-electron chi connectivity index (χ0n) is 12.3. The van der Waals surface area contributed by atoms with Crippen LogP contribution in [0.1, 0.15) is 18.2 Å². The normalized spacial score (nSPS) is 30.4. The number of pyridine rings is 1. The van der Waals surface area contributed by atoms with E-state index in [2.05, 4.69) is 39.3 Å². The maximum Gasteiger partial charge on any atom is 0.0434 e. The largest absolute Gasteiger partial charge is 0.299 e. The van der Waals surface area contributed by atoms with E-state index in [0.717, 1.165) is 25.1 Å². The van der Waals surface area contributed by atoms with Gasteiger partial charge in [0, 0.05) is 63.1 Å². The molecule has 5 nitrogen and oxygen atoms in total. The van der Waals surface area contributed by atoms with E-state index in [4.69, 9.17) is 5.84 Å². The number of fused-ring (bicyclic) bond motifs is 3. The molecule has 3 aliphatic rings. The van der Waals surface area contributed by atoms with Crippen LogP contribution >= 0.6 is 0 Å². The molecule has 4 heterocycles. The van der Waals surface area contributed by atoms with E-state index in [1.807, 2.05) is 6.20 Å². The molecule has 0 saturated carbocycles. The Morgan fingerprint density at radius 2 is 2.15 bits per heavy atom. The lowest BCUT2D eigenvalue weighted by molar-refractivity contribution is -0.00328. The van der Waals surface area contributed by atoms with Gasteiger partial charge in [0.2, 0.25) is 0 Å². The predicted molar refractivity (Wildman–Crippen MR) is 80.2 cm³/mol. The molecule has 0 spiro atoms. The fourth-order valence-corrected chi connectivity index (χ4v) is 3.36. The summed E-state index contributed by atoms with van der Waals surface area (Å²) < 4.78 is 0. The van der Waals surface area contributed by atoms with Crippen LogP contribution in [0.3, 0.4) is 0 Å². The number of hydrogen-bond donors (Lipinski definition) is 2. The van der Waals surface area contributed by atoms with Gasteiger partial charge in [-0.3, -0.25) is 26.1 Å². The van der Waals surface area contributed by atoms with Gasteiger partial charge in [-0.15, -0.1) is 0 Å². The van der Waals surface area contributed by atoms with Gasteiger partial charge in [-0.1, -0.05) is 13.0 Å². The van der Waals surface area contributed by atoms with E-state index in [1.165, 1.54) is 31.7 Å². The highest BCUT2D eigenvalue weighted by Gasteiger charge is 2.36. The number of aryl methyl sites for hydroxylation is 1. The number of piperazine rings is 3. The summed E-state index contributed by atoms with van der Waals surface area (Å²) in [5.74, 6) is 5.82. The first-order valence-corrected chi connectivity index (χ1v) is 7.66. The minimum absolute atomic E-state index is 0.276. The van der Waals surface area contributed by atoms with E-state index in [-0.39, 0.29) is 6.04 Å². The third kappa shape index (κ3) is 2.86. The third-order valence-electron chi connectivity index (χ3n) is 4.72. The van der Waals surface area contributed by atoms with Crippen LogP contribution in [0.15, 0.2) is 18.3 Å². The molecule has 2 atom stereocenters. The molecule has 4 rings (SSSR count). The van der Waals surface area contributed by atoms with Crippen molar-refractivity contribution in [2.45, 2.75) is 31.8 Å². The topological polar surface area (TPSA) is 57.4 Å². The van der Waals surface area contributed by atoms with E-state index in [9.17, 15) is 0 Å². The van der Waals surface area contributed by atoms with Crippen LogP contribution in [0.2, 0.25) is 0 Å². The third-order valence-corrected chi connectivity index (χ3v) is 4.72. The second kappa shape index (κ2) is 6.18. The highest BCUT2D eigenvalue weighted by atomic mass is 15.4. The van der Waals surface area contributed by atoms with Crippen LogP contribution in [0, 0.1) is 0 Å². The van der Waals surface area contributed by atoms with Gasteiger partial charge in [-0.2, -0.15) is 0 Å². The van der Waals surface area contributed by atoms with Crippen LogP contribution in [0.25, 0.3) is 0 Å². The summed E-state index contributed by atoms with van der Waals surface area (Å²) in [7, 11) is 0. The fourth-order valence-electron chi connectivity index (χ4n) is 3.36. The lowest BCUT2D eigenvalue weighted by Gasteiger charge is -2.50. The minimum atomic E-state index is 0.276. The minimum Gasteiger partial charge on any atom is -0.299 e. The van der Waals surface area contributed by atoms with Crippen molar-refractivity contribution in [2.24, 2.45) is 5.84 Å². The van der Waals surface area contributed by atoms with Gasteiger partial charge < -0.3 is 0 Å². The Kier molecular flexibility index (Phi) is 4.31. The van der Waals surface area contributed by atoms with Gasteiger partial charge in [-0.25, -0.2) is 0 Å². The van der Waals surface area contributed by atoms with Crippen molar-refractivity contribution in [3.05, 3.63) is 29.6 Å². The first-order valence-electron chi connectivity index (χ1n) is 7.66. The maximum atomic E-state index is 5.82. The van der Waals surface area contributed by atoms with Gasteiger partial charge in [0.05, 0.1) is 0 Å². The molecule has 0 radical (unpaired) electrons. The highest BCUT2D eigenvalue weighted by molar-refractivity contribution is 5.15. The van der Waals surface area contributed by atoms with Gasteiger partial charge >= 0.3 is 0 Å².